The number of carbonyl (C=O) groups excluding carboxylic acids is 2. The molecule has 2 saturated heterocycles. The summed E-state index contributed by atoms with van der Waals surface area (Å²) >= 11 is 1.60. The van der Waals surface area contributed by atoms with Gasteiger partial charge in [-0.2, -0.15) is 11.8 Å². The highest BCUT2D eigenvalue weighted by molar-refractivity contribution is 7.98. The zero-order chi connectivity index (χ0) is 19.3. The molecule has 7 nitrogen and oxygen atoms in total. The number of carboxylic acid groups (broad SMARTS) is 1. The molecule has 2 aliphatic heterocycles. The summed E-state index contributed by atoms with van der Waals surface area (Å²) in [6.07, 6.45) is 4.60. The molecule has 0 aromatic carbocycles. The van der Waals surface area contributed by atoms with Crippen molar-refractivity contribution >= 4 is 29.5 Å². The van der Waals surface area contributed by atoms with Crippen molar-refractivity contribution in [3.8, 4) is 0 Å². The number of amides is 2. The number of rotatable bonds is 4. The minimum Gasteiger partial charge on any atom is -0.465 e. The van der Waals surface area contributed by atoms with Gasteiger partial charge in [0.25, 0.3) is 0 Å². The van der Waals surface area contributed by atoms with Crippen LogP contribution in [0.2, 0.25) is 0 Å². The molecule has 4 rings (SSSR count). The molecule has 0 radical (unpaired) electrons. The van der Waals surface area contributed by atoms with Gasteiger partial charge in [0.05, 0.1) is 17.6 Å². The molecule has 5 unspecified atom stereocenters. The first-order valence-electron chi connectivity index (χ1n) is 9.35. The SMILES string of the molecule is CSCCC1NC2C(F)=CC(=O)C3N(C(=O)O)CC(C4CC4)CC23NC1=O. The number of nitrogens with zero attached hydrogens (tertiary/aromatic N) is 1. The number of ketones is 1. The molecule has 9 heteroatoms. The molecule has 2 aliphatic carbocycles. The quantitative estimate of drug-likeness (QED) is 0.658. The largest absolute Gasteiger partial charge is 0.465 e. The van der Waals surface area contributed by atoms with Crippen LogP contribution >= 0.6 is 11.8 Å². The molecular weight excluding hydrogens is 373 g/mol. The predicted octanol–water partition coefficient (Wildman–Crippen LogP) is 1.15. The summed E-state index contributed by atoms with van der Waals surface area (Å²) < 4.78 is 14.9. The first kappa shape index (κ1) is 18.7. The molecule has 1 saturated carbocycles. The number of hydrogen-bond donors (Lipinski definition) is 3. The van der Waals surface area contributed by atoms with E-state index in [0.29, 0.717) is 18.8 Å². The van der Waals surface area contributed by atoms with Crippen molar-refractivity contribution in [1.82, 2.24) is 15.5 Å². The van der Waals surface area contributed by atoms with Crippen molar-refractivity contribution in [3.05, 3.63) is 11.9 Å². The minimum atomic E-state index is -1.26. The molecule has 27 heavy (non-hydrogen) atoms. The molecular formula is C18H24FN3O4S. The van der Waals surface area contributed by atoms with E-state index in [9.17, 15) is 23.9 Å². The van der Waals surface area contributed by atoms with E-state index in [2.05, 4.69) is 10.6 Å². The van der Waals surface area contributed by atoms with E-state index in [1.54, 1.807) is 11.8 Å². The van der Waals surface area contributed by atoms with Gasteiger partial charge in [-0.05, 0) is 49.5 Å². The lowest BCUT2D eigenvalue weighted by Gasteiger charge is -2.58. The standard InChI is InChI=1S/C18H24FN3O4S/c1-27-5-4-12-16(24)21-18-7-10(9-2-3-9)8-22(17(25)26)15(18)13(23)6-11(19)14(18)20-12/h6,9-10,12,14-15,20H,2-5,7-8H2,1H3,(H,21,24)(H,25,26). The number of carbonyl (C=O) groups is 3. The fourth-order valence-electron chi connectivity index (χ4n) is 5.01. The second kappa shape index (κ2) is 6.77. The Labute approximate surface area is 161 Å². The fourth-order valence-corrected chi connectivity index (χ4v) is 5.48. The second-order valence-electron chi connectivity index (χ2n) is 8.03. The number of nitrogens with one attached hydrogen (secondary N) is 2. The summed E-state index contributed by atoms with van der Waals surface area (Å²) in [5.74, 6) is -0.363. The van der Waals surface area contributed by atoms with Gasteiger partial charge in [0.1, 0.15) is 11.9 Å². The topological polar surface area (TPSA) is 98.7 Å². The van der Waals surface area contributed by atoms with E-state index in [1.165, 1.54) is 0 Å². The van der Waals surface area contributed by atoms with Crippen LogP contribution < -0.4 is 10.6 Å². The Kier molecular flexibility index (Phi) is 4.70. The highest BCUT2D eigenvalue weighted by Crippen LogP contribution is 2.49. The Morgan fingerprint density at radius 3 is 2.78 bits per heavy atom. The van der Waals surface area contributed by atoms with Crippen molar-refractivity contribution < 1.29 is 23.9 Å². The highest BCUT2D eigenvalue weighted by Gasteiger charge is 2.63. The van der Waals surface area contributed by atoms with Crippen molar-refractivity contribution in [2.75, 3.05) is 18.6 Å². The first-order valence-corrected chi connectivity index (χ1v) is 10.7. The number of piperazine rings is 1. The van der Waals surface area contributed by atoms with Gasteiger partial charge in [-0.15, -0.1) is 0 Å². The summed E-state index contributed by atoms with van der Waals surface area (Å²) in [5.41, 5.74) is -1.26. The summed E-state index contributed by atoms with van der Waals surface area (Å²) in [4.78, 5) is 38.5. The van der Waals surface area contributed by atoms with Gasteiger partial charge in [-0.25, -0.2) is 9.18 Å². The van der Waals surface area contributed by atoms with E-state index >= 15 is 0 Å². The lowest BCUT2D eigenvalue weighted by molar-refractivity contribution is -0.139. The third kappa shape index (κ3) is 3.04. The van der Waals surface area contributed by atoms with E-state index in [4.69, 9.17) is 0 Å². The average molecular weight is 397 g/mol. The van der Waals surface area contributed by atoms with Crippen LogP contribution in [0.1, 0.15) is 25.7 Å². The third-order valence-corrected chi connectivity index (χ3v) is 7.00. The molecule has 0 aromatic rings. The van der Waals surface area contributed by atoms with Crippen LogP contribution in [0.5, 0.6) is 0 Å². The van der Waals surface area contributed by atoms with E-state index in [-0.39, 0.29) is 18.4 Å². The summed E-state index contributed by atoms with van der Waals surface area (Å²) in [6.45, 7) is 0.256. The van der Waals surface area contributed by atoms with Crippen LogP contribution in [0.25, 0.3) is 0 Å². The molecule has 2 heterocycles. The normalized spacial score (nSPS) is 38.6. The van der Waals surface area contributed by atoms with Crippen molar-refractivity contribution in [3.63, 3.8) is 0 Å². The minimum absolute atomic E-state index is 0.0170. The fraction of sp³-hybridized carbons (Fsp3) is 0.722. The molecule has 4 aliphatic rings. The van der Waals surface area contributed by atoms with E-state index < -0.39 is 41.4 Å². The van der Waals surface area contributed by atoms with Crippen LogP contribution in [-0.4, -0.2) is 70.0 Å². The van der Waals surface area contributed by atoms with Crippen molar-refractivity contribution in [2.24, 2.45) is 11.8 Å². The molecule has 3 N–H and O–H groups in total. The van der Waals surface area contributed by atoms with E-state index in [0.717, 1.165) is 29.6 Å². The lowest BCUT2D eigenvalue weighted by Crippen LogP contribution is -2.82. The summed E-state index contributed by atoms with van der Waals surface area (Å²) in [6, 6.07) is -2.53. The van der Waals surface area contributed by atoms with Gasteiger partial charge >= 0.3 is 6.09 Å². The number of piperidine rings is 1. The summed E-state index contributed by atoms with van der Waals surface area (Å²) in [7, 11) is 0. The molecule has 1 spiro atoms. The maximum Gasteiger partial charge on any atom is 0.408 e. The number of halogens is 1. The Bertz CT molecular complexity index is 713. The van der Waals surface area contributed by atoms with Crippen molar-refractivity contribution in [2.45, 2.75) is 49.3 Å². The number of hydrogen-bond acceptors (Lipinski definition) is 5. The zero-order valence-corrected chi connectivity index (χ0v) is 15.9. The Morgan fingerprint density at radius 1 is 1.41 bits per heavy atom. The highest BCUT2D eigenvalue weighted by atomic mass is 32.2. The number of thioether (sulfide) groups is 1. The average Bonchev–Trinajstić information content (AvgIpc) is 3.44. The lowest BCUT2D eigenvalue weighted by atomic mass is 9.65. The van der Waals surface area contributed by atoms with Crippen LogP contribution in [0.3, 0.4) is 0 Å². The van der Waals surface area contributed by atoms with Gasteiger partial charge in [0.2, 0.25) is 5.91 Å². The zero-order valence-electron chi connectivity index (χ0n) is 15.1. The van der Waals surface area contributed by atoms with Crippen LogP contribution in [0.15, 0.2) is 11.9 Å². The molecule has 5 atom stereocenters. The second-order valence-corrected chi connectivity index (χ2v) is 9.02. The van der Waals surface area contributed by atoms with Gasteiger partial charge in [0.15, 0.2) is 5.78 Å². The number of likely N-dealkylation sites (tertiary alicyclic amines) is 1. The van der Waals surface area contributed by atoms with Gasteiger partial charge < -0.3 is 10.4 Å². The van der Waals surface area contributed by atoms with Gasteiger partial charge in [-0.1, -0.05) is 0 Å². The van der Waals surface area contributed by atoms with E-state index in [1.807, 2.05) is 6.26 Å². The Hall–Kier alpha value is -1.61. The Morgan fingerprint density at radius 2 is 2.15 bits per heavy atom. The Balaban J connectivity index is 1.74. The van der Waals surface area contributed by atoms with Gasteiger partial charge in [0, 0.05) is 12.6 Å². The summed E-state index contributed by atoms with van der Waals surface area (Å²) in [5, 5.41) is 15.8. The maximum atomic E-state index is 14.9. The molecule has 3 fully saturated rings. The maximum absolute atomic E-state index is 14.9. The monoisotopic (exact) mass is 397 g/mol. The van der Waals surface area contributed by atoms with Crippen molar-refractivity contribution in [1.29, 1.82) is 0 Å². The third-order valence-electron chi connectivity index (χ3n) is 6.36. The first-order chi connectivity index (χ1) is 12.9. The predicted molar refractivity (Wildman–Crippen MR) is 98.1 cm³/mol. The van der Waals surface area contributed by atoms with Crippen LogP contribution in [-0.2, 0) is 9.59 Å². The molecule has 0 aromatic heterocycles. The molecule has 0 bridgehead atoms. The van der Waals surface area contributed by atoms with Crippen LogP contribution in [0.4, 0.5) is 9.18 Å². The van der Waals surface area contributed by atoms with Gasteiger partial charge in [-0.3, -0.25) is 19.8 Å². The molecule has 2 amide bonds. The van der Waals surface area contributed by atoms with Crippen LogP contribution in [0, 0.1) is 11.8 Å². The smallest absolute Gasteiger partial charge is 0.408 e. The molecule has 148 valence electrons.